The smallest absolute Gasteiger partial charge is 0.317 e. The van der Waals surface area contributed by atoms with Gasteiger partial charge in [0.2, 0.25) is 0 Å². The fourth-order valence-electron chi connectivity index (χ4n) is 2.28. The molecule has 0 fully saturated rings. The summed E-state index contributed by atoms with van der Waals surface area (Å²) in [6, 6.07) is 9.55. The molecule has 2 amide bonds. The Morgan fingerprint density at radius 2 is 1.96 bits per heavy atom. The number of hydrogen-bond acceptors (Lipinski definition) is 4. The van der Waals surface area contributed by atoms with Crippen molar-refractivity contribution in [3.8, 4) is 16.9 Å². The van der Waals surface area contributed by atoms with Crippen LogP contribution in [0.4, 0.5) is 4.79 Å². The zero-order valence-electron chi connectivity index (χ0n) is 14.5. The van der Waals surface area contributed by atoms with Gasteiger partial charge in [0, 0.05) is 18.5 Å². The first-order chi connectivity index (χ1) is 11.9. The molecule has 0 saturated carbocycles. The number of carboxylic acid groups (broad SMARTS) is 1. The zero-order valence-corrected chi connectivity index (χ0v) is 15.3. The topological polar surface area (TPSA) is 78.9 Å². The van der Waals surface area contributed by atoms with Crippen LogP contribution in [0.2, 0.25) is 0 Å². The van der Waals surface area contributed by atoms with Crippen molar-refractivity contribution in [3.05, 3.63) is 40.6 Å². The van der Waals surface area contributed by atoms with E-state index in [9.17, 15) is 9.59 Å². The molecule has 0 radical (unpaired) electrons. The van der Waals surface area contributed by atoms with Gasteiger partial charge in [0.1, 0.15) is 5.75 Å². The number of carbonyl (C=O) groups is 2. The van der Waals surface area contributed by atoms with Gasteiger partial charge in [-0.2, -0.15) is 0 Å². The molecule has 7 heteroatoms. The molecule has 2 rings (SSSR count). The third-order valence-corrected chi connectivity index (χ3v) is 4.74. The average Bonchev–Trinajstić information content (AvgIpc) is 3.08. The summed E-state index contributed by atoms with van der Waals surface area (Å²) in [5.41, 5.74) is 2.17. The SMILES string of the molecule is COc1ccc(-c2csc(CNC(=O)N(C)CC(C)C(=O)O)c2)cc1. The number of nitrogens with zero attached hydrogens (tertiary/aromatic N) is 1. The van der Waals surface area contributed by atoms with E-state index in [0.717, 1.165) is 21.8 Å². The van der Waals surface area contributed by atoms with Crippen LogP contribution in [0.15, 0.2) is 35.7 Å². The number of amides is 2. The minimum atomic E-state index is -0.915. The van der Waals surface area contributed by atoms with Crippen molar-refractivity contribution in [1.82, 2.24) is 10.2 Å². The molecule has 0 bridgehead atoms. The summed E-state index contributed by atoms with van der Waals surface area (Å²) >= 11 is 1.57. The highest BCUT2D eigenvalue weighted by Crippen LogP contribution is 2.27. The van der Waals surface area contributed by atoms with Gasteiger partial charge in [-0.05, 0) is 34.7 Å². The van der Waals surface area contributed by atoms with Gasteiger partial charge in [-0.1, -0.05) is 19.1 Å². The minimum Gasteiger partial charge on any atom is -0.497 e. The van der Waals surface area contributed by atoms with Crippen LogP contribution < -0.4 is 10.1 Å². The number of thiophene rings is 1. The van der Waals surface area contributed by atoms with Crippen molar-refractivity contribution in [3.63, 3.8) is 0 Å². The Morgan fingerprint density at radius 1 is 1.28 bits per heavy atom. The molecule has 1 aromatic heterocycles. The number of carboxylic acids is 1. The molecule has 1 heterocycles. The standard InChI is InChI=1S/C18H22N2O4S/c1-12(17(21)22)10-20(2)18(23)19-9-16-8-14(11-25-16)13-4-6-15(24-3)7-5-13/h4-8,11-12H,9-10H2,1-3H3,(H,19,23)(H,21,22). The lowest BCUT2D eigenvalue weighted by Crippen LogP contribution is -2.40. The van der Waals surface area contributed by atoms with Gasteiger partial charge in [-0.25, -0.2) is 4.79 Å². The molecule has 2 aromatic rings. The summed E-state index contributed by atoms with van der Waals surface area (Å²) in [6.45, 7) is 2.15. The maximum Gasteiger partial charge on any atom is 0.317 e. The van der Waals surface area contributed by atoms with Crippen molar-refractivity contribution in [2.24, 2.45) is 5.92 Å². The lowest BCUT2D eigenvalue weighted by Gasteiger charge is -2.19. The normalized spacial score (nSPS) is 11.6. The van der Waals surface area contributed by atoms with E-state index >= 15 is 0 Å². The molecule has 2 N–H and O–H groups in total. The van der Waals surface area contributed by atoms with Crippen LogP contribution in [0.5, 0.6) is 5.75 Å². The molecule has 6 nitrogen and oxygen atoms in total. The number of hydrogen-bond donors (Lipinski definition) is 2. The van der Waals surface area contributed by atoms with Crippen molar-refractivity contribution in [2.75, 3.05) is 20.7 Å². The van der Waals surface area contributed by atoms with E-state index in [-0.39, 0.29) is 12.6 Å². The Hall–Kier alpha value is -2.54. The summed E-state index contributed by atoms with van der Waals surface area (Å²) in [5.74, 6) is -0.703. The van der Waals surface area contributed by atoms with Crippen molar-refractivity contribution >= 4 is 23.3 Å². The minimum absolute atomic E-state index is 0.169. The summed E-state index contributed by atoms with van der Waals surface area (Å²) in [4.78, 5) is 25.3. The predicted octanol–water partition coefficient (Wildman–Crippen LogP) is 3.29. The van der Waals surface area contributed by atoms with Crippen LogP contribution in [-0.2, 0) is 11.3 Å². The largest absolute Gasteiger partial charge is 0.497 e. The van der Waals surface area contributed by atoms with Crippen LogP contribution in [0.25, 0.3) is 11.1 Å². The highest BCUT2D eigenvalue weighted by atomic mass is 32.1. The lowest BCUT2D eigenvalue weighted by atomic mass is 10.1. The van der Waals surface area contributed by atoms with Gasteiger partial charge in [0.05, 0.1) is 19.6 Å². The van der Waals surface area contributed by atoms with Crippen LogP contribution in [0, 0.1) is 5.92 Å². The van der Waals surface area contributed by atoms with Gasteiger partial charge in [-0.3, -0.25) is 4.79 Å². The first-order valence-electron chi connectivity index (χ1n) is 7.84. The van der Waals surface area contributed by atoms with E-state index in [2.05, 4.69) is 5.32 Å². The monoisotopic (exact) mass is 362 g/mol. The number of nitrogens with one attached hydrogen (secondary N) is 1. The van der Waals surface area contributed by atoms with Crippen molar-refractivity contribution in [1.29, 1.82) is 0 Å². The first kappa shape index (κ1) is 18.8. The van der Waals surface area contributed by atoms with E-state index in [4.69, 9.17) is 9.84 Å². The maximum atomic E-state index is 12.0. The van der Waals surface area contributed by atoms with Crippen LogP contribution >= 0.6 is 11.3 Å². The van der Waals surface area contributed by atoms with Gasteiger partial charge in [-0.15, -0.1) is 11.3 Å². The van der Waals surface area contributed by atoms with E-state index < -0.39 is 11.9 Å². The molecule has 1 aromatic carbocycles. The quantitative estimate of drug-likeness (QED) is 0.792. The maximum absolute atomic E-state index is 12.0. The van der Waals surface area contributed by atoms with E-state index in [0.29, 0.717) is 6.54 Å². The van der Waals surface area contributed by atoms with E-state index in [1.807, 2.05) is 35.7 Å². The molecular weight excluding hydrogens is 340 g/mol. The van der Waals surface area contributed by atoms with E-state index in [1.54, 1.807) is 32.4 Å². The Bertz CT molecular complexity index is 727. The molecular formula is C18H22N2O4S. The predicted molar refractivity (Wildman–Crippen MR) is 98.0 cm³/mol. The second-order valence-corrected chi connectivity index (χ2v) is 6.80. The number of rotatable bonds is 7. The highest BCUT2D eigenvalue weighted by Gasteiger charge is 2.17. The summed E-state index contributed by atoms with van der Waals surface area (Å²) in [7, 11) is 3.22. The number of ether oxygens (including phenoxy) is 1. The van der Waals surface area contributed by atoms with Gasteiger partial charge in [0.15, 0.2) is 0 Å². The van der Waals surface area contributed by atoms with Crippen LogP contribution in [-0.4, -0.2) is 42.7 Å². The highest BCUT2D eigenvalue weighted by molar-refractivity contribution is 7.10. The van der Waals surface area contributed by atoms with Gasteiger partial charge >= 0.3 is 12.0 Å². The number of urea groups is 1. The Balaban J connectivity index is 1.90. The fraction of sp³-hybridized carbons (Fsp3) is 0.333. The summed E-state index contributed by atoms with van der Waals surface area (Å²) < 4.78 is 5.15. The van der Waals surface area contributed by atoms with Crippen molar-refractivity contribution < 1.29 is 19.4 Å². The molecule has 0 spiro atoms. The van der Waals surface area contributed by atoms with Crippen LogP contribution in [0.1, 0.15) is 11.8 Å². The molecule has 0 aliphatic carbocycles. The first-order valence-corrected chi connectivity index (χ1v) is 8.72. The second kappa shape index (κ2) is 8.53. The molecule has 25 heavy (non-hydrogen) atoms. The van der Waals surface area contributed by atoms with Gasteiger partial charge < -0.3 is 20.1 Å². The number of benzene rings is 1. The van der Waals surface area contributed by atoms with Gasteiger partial charge in [0.25, 0.3) is 0 Å². The third-order valence-electron chi connectivity index (χ3n) is 3.81. The average molecular weight is 362 g/mol. The third kappa shape index (κ3) is 5.22. The number of carbonyl (C=O) groups excluding carboxylic acids is 1. The molecule has 0 aliphatic rings. The van der Waals surface area contributed by atoms with Crippen molar-refractivity contribution in [2.45, 2.75) is 13.5 Å². The molecule has 134 valence electrons. The molecule has 0 saturated heterocycles. The zero-order chi connectivity index (χ0) is 18.4. The Kier molecular flexibility index (Phi) is 6.41. The molecule has 1 atom stereocenters. The number of methoxy groups -OCH3 is 1. The Labute approximate surface area is 151 Å². The summed E-state index contributed by atoms with van der Waals surface area (Å²) in [5, 5.41) is 13.8. The van der Waals surface area contributed by atoms with Crippen LogP contribution in [0.3, 0.4) is 0 Å². The molecule has 1 unspecified atom stereocenters. The second-order valence-electron chi connectivity index (χ2n) is 5.81. The fourth-order valence-corrected chi connectivity index (χ4v) is 3.11. The number of aliphatic carboxylic acids is 1. The lowest BCUT2D eigenvalue weighted by molar-refractivity contribution is -0.141. The molecule has 0 aliphatic heterocycles. The Morgan fingerprint density at radius 3 is 2.56 bits per heavy atom. The van der Waals surface area contributed by atoms with E-state index in [1.165, 1.54) is 4.90 Å². The summed E-state index contributed by atoms with van der Waals surface area (Å²) in [6.07, 6.45) is 0.